The van der Waals surface area contributed by atoms with Gasteiger partial charge in [-0.15, -0.1) is 0 Å². The topological polar surface area (TPSA) is 77.1 Å². The lowest BCUT2D eigenvalue weighted by Crippen LogP contribution is -2.59. The van der Waals surface area contributed by atoms with Crippen LogP contribution in [0.2, 0.25) is 0 Å². The van der Waals surface area contributed by atoms with Gasteiger partial charge in [-0.05, 0) is 25.0 Å². The minimum atomic E-state index is -0.514. The van der Waals surface area contributed by atoms with Crippen LogP contribution in [-0.4, -0.2) is 68.4 Å². The number of morpholine rings is 1. The van der Waals surface area contributed by atoms with Crippen molar-refractivity contribution >= 4 is 18.0 Å². The lowest BCUT2D eigenvalue weighted by molar-refractivity contribution is -0.145. The van der Waals surface area contributed by atoms with Crippen LogP contribution < -0.4 is 10.1 Å². The zero-order valence-corrected chi connectivity index (χ0v) is 17.4. The summed E-state index contributed by atoms with van der Waals surface area (Å²) in [5.74, 6) is -0.0350. The fraction of sp³-hybridized carbons (Fsp3) is 0.565. The Labute approximate surface area is 177 Å². The largest absolute Gasteiger partial charge is 0.488 e. The zero-order chi connectivity index (χ0) is 20.8. The molecule has 0 spiro atoms. The summed E-state index contributed by atoms with van der Waals surface area (Å²) in [6, 6.07) is 7.51. The molecule has 162 valence electrons. The minimum Gasteiger partial charge on any atom is -0.488 e. The van der Waals surface area contributed by atoms with Gasteiger partial charge in [-0.1, -0.05) is 37.5 Å². The van der Waals surface area contributed by atoms with Crippen molar-refractivity contribution in [2.45, 2.75) is 37.6 Å². The molecule has 2 heterocycles. The number of carbonyl (C=O) groups is 2. The van der Waals surface area contributed by atoms with Crippen molar-refractivity contribution in [3.8, 4) is 5.75 Å². The van der Waals surface area contributed by atoms with Crippen molar-refractivity contribution in [1.82, 2.24) is 10.2 Å². The number of rotatable bonds is 6. The molecule has 1 amide bonds. The summed E-state index contributed by atoms with van der Waals surface area (Å²) in [5.41, 5.74) is 1.24. The molecule has 7 nitrogen and oxygen atoms in total. The third-order valence-corrected chi connectivity index (χ3v) is 6.31. The predicted molar refractivity (Wildman–Crippen MR) is 112 cm³/mol. The van der Waals surface area contributed by atoms with E-state index in [1.807, 2.05) is 24.3 Å². The fourth-order valence-corrected chi connectivity index (χ4v) is 4.62. The lowest BCUT2D eigenvalue weighted by Gasteiger charge is -2.48. The summed E-state index contributed by atoms with van der Waals surface area (Å²) in [5, 5.41) is 3.02. The second-order valence-electron chi connectivity index (χ2n) is 8.23. The molecule has 30 heavy (non-hydrogen) atoms. The Hall–Kier alpha value is -2.38. The highest BCUT2D eigenvalue weighted by Crippen LogP contribution is 2.34. The van der Waals surface area contributed by atoms with E-state index in [0.29, 0.717) is 12.1 Å². The molecule has 1 N–H and O–H groups in total. The van der Waals surface area contributed by atoms with Gasteiger partial charge < -0.3 is 19.5 Å². The molecule has 1 aromatic carbocycles. The first-order valence-corrected chi connectivity index (χ1v) is 10.9. The van der Waals surface area contributed by atoms with Crippen LogP contribution in [0.15, 0.2) is 29.8 Å². The molecule has 1 aromatic rings. The summed E-state index contributed by atoms with van der Waals surface area (Å²) in [7, 11) is 0. The quantitative estimate of drug-likeness (QED) is 0.719. The van der Waals surface area contributed by atoms with Crippen molar-refractivity contribution in [2.75, 3.05) is 46.1 Å². The Morgan fingerprint density at radius 1 is 1.10 bits per heavy atom. The predicted octanol–water partition coefficient (Wildman–Crippen LogP) is 2.16. The summed E-state index contributed by atoms with van der Waals surface area (Å²) in [4.78, 5) is 27.2. The molecule has 2 fully saturated rings. The van der Waals surface area contributed by atoms with Crippen molar-refractivity contribution in [3.63, 3.8) is 0 Å². The van der Waals surface area contributed by atoms with Crippen molar-refractivity contribution in [3.05, 3.63) is 35.4 Å². The molecule has 2 aliphatic heterocycles. The van der Waals surface area contributed by atoms with Crippen LogP contribution in [0.5, 0.6) is 5.75 Å². The van der Waals surface area contributed by atoms with Gasteiger partial charge in [0.05, 0.1) is 18.8 Å². The van der Waals surface area contributed by atoms with Gasteiger partial charge in [0.1, 0.15) is 12.4 Å². The van der Waals surface area contributed by atoms with E-state index in [-0.39, 0.29) is 24.7 Å². The minimum absolute atomic E-state index is 0.00878. The first-order chi connectivity index (χ1) is 14.7. The van der Waals surface area contributed by atoms with Crippen LogP contribution in [-0.2, 0) is 19.1 Å². The zero-order valence-electron chi connectivity index (χ0n) is 17.4. The first-order valence-electron chi connectivity index (χ1n) is 10.9. The number of nitrogens with one attached hydrogen (secondary N) is 1. The number of benzene rings is 1. The maximum atomic E-state index is 12.4. The standard InChI is InChI=1S/C23H30N2O5/c26-21(16-30-22(27)19-14-18-6-2-3-7-20(18)29-15-19)24-17-23(8-4-1-5-9-23)25-10-12-28-13-11-25/h2-3,6-7,14H,1,4-5,8-13,15-17H2,(H,24,26). The Kier molecular flexibility index (Phi) is 6.69. The highest BCUT2D eigenvalue weighted by atomic mass is 16.5. The Morgan fingerprint density at radius 2 is 1.87 bits per heavy atom. The van der Waals surface area contributed by atoms with E-state index < -0.39 is 5.97 Å². The number of para-hydroxylation sites is 1. The average Bonchev–Trinajstić information content (AvgIpc) is 2.82. The molecule has 0 radical (unpaired) electrons. The maximum Gasteiger partial charge on any atom is 0.338 e. The van der Waals surface area contributed by atoms with Gasteiger partial charge in [0.25, 0.3) is 5.91 Å². The molecule has 1 saturated carbocycles. The molecule has 0 unspecified atom stereocenters. The fourth-order valence-electron chi connectivity index (χ4n) is 4.62. The Balaban J connectivity index is 1.29. The van der Waals surface area contributed by atoms with Crippen LogP contribution >= 0.6 is 0 Å². The van der Waals surface area contributed by atoms with Crippen LogP contribution in [0, 0.1) is 0 Å². The third kappa shape index (κ3) is 4.84. The molecular formula is C23H30N2O5. The smallest absolute Gasteiger partial charge is 0.338 e. The molecule has 0 bridgehead atoms. The van der Waals surface area contributed by atoms with Crippen molar-refractivity contribution in [1.29, 1.82) is 0 Å². The molecule has 1 saturated heterocycles. The van der Waals surface area contributed by atoms with E-state index >= 15 is 0 Å². The van der Waals surface area contributed by atoms with E-state index in [9.17, 15) is 9.59 Å². The van der Waals surface area contributed by atoms with Gasteiger partial charge in [0.2, 0.25) is 0 Å². The van der Waals surface area contributed by atoms with Crippen LogP contribution in [0.25, 0.3) is 6.08 Å². The normalized spacial score (nSPS) is 21.0. The number of hydrogen-bond donors (Lipinski definition) is 1. The number of hydrogen-bond acceptors (Lipinski definition) is 6. The van der Waals surface area contributed by atoms with Gasteiger partial charge in [-0.3, -0.25) is 9.69 Å². The summed E-state index contributed by atoms with van der Waals surface area (Å²) >= 11 is 0. The molecule has 7 heteroatoms. The van der Waals surface area contributed by atoms with Gasteiger partial charge in [-0.25, -0.2) is 4.79 Å². The highest BCUT2D eigenvalue weighted by molar-refractivity contribution is 5.96. The molecule has 1 aliphatic carbocycles. The monoisotopic (exact) mass is 414 g/mol. The molecular weight excluding hydrogens is 384 g/mol. The second-order valence-corrected chi connectivity index (χ2v) is 8.23. The van der Waals surface area contributed by atoms with Crippen LogP contribution in [0.1, 0.15) is 37.7 Å². The first kappa shape index (κ1) is 20.9. The summed E-state index contributed by atoms with van der Waals surface area (Å²) < 4.78 is 16.3. The van der Waals surface area contributed by atoms with Gasteiger partial charge in [0.15, 0.2) is 6.61 Å². The van der Waals surface area contributed by atoms with E-state index in [1.165, 1.54) is 19.3 Å². The number of amides is 1. The van der Waals surface area contributed by atoms with Gasteiger partial charge in [-0.2, -0.15) is 0 Å². The third-order valence-electron chi connectivity index (χ3n) is 6.31. The van der Waals surface area contributed by atoms with Crippen LogP contribution in [0.3, 0.4) is 0 Å². The van der Waals surface area contributed by atoms with Gasteiger partial charge in [0, 0.05) is 30.7 Å². The summed E-state index contributed by atoms with van der Waals surface area (Å²) in [6.07, 6.45) is 7.52. The summed E-state index contributed by atoms with van der Waals surface area (Å²) in [6.45, 7) is 3.75. The molecule has 0 aromatic heterocycles. The SMILES string of the molecule is O=C(COC(=O)C1=Cc2ccccc2OC1)NCC1(N2CCOCC2)CCCCC1. The number of nitrogens with zero attached hydrogens (tertiary/aromatic N) is 1. The highest BCUT2D eigenvalue weighted by Gasteiger charge is 2.38. The van der Waals surface area contributed by atoms with E-state index in [4.69, 9.17) is 14.2 Å². The van der Waals surface area contributed by atoms with E-state index in [0.717, 1.165) is 50.5 Å². The Morgan fingerprint density at radius 3 is 2.67 bits per heavy atom. The van der Waals surface area contributed by atoms with E-state index in [1.54, 1.807) is 6.08 Å². The second kappa shape index (κ2) is 9.62. The number of carbonyl (C=O) groups excluding carboxylic acids is 2. The van der Waals surface area contributed by atoms with Crippen LogP contribution in [0.4, 0.5) is 0 Å². The molecule has 3 aliphatic rings. The number of esters is 1. The maximum absolute atomic E-state index is 12.4. The number of fused-ring (bicyclic) bond motifs is 1. The van der Waals surface area contributed by atoms with Gasteiger partial charge >= 0.3 is 5.97 Å². The van der Waals surface area contributed by atoms with E-state index in [2.05, 4.69) is 10.2 Å². The molecule has 0 atom stereocenters. The van der Waals surface area contributed by atoms with Crippen molar-refractivity contribution < 1.29 is 23.8 Å². The average molecular weight is 415 g/mol. The Bertz CT molecular complexity index is 795. The molecule has 4 rings (SSSR count). The lowest BCUT2D eigenvalue weighted by atomic mass is 9.79. The number of ether oxygens (including phenoxy) is 3. The van der Waals surface area contributed by atoms with Crippen molar-refractivity contribution in [2.24, 2.45) is 0 Å².